The van der Waals surface area contributed by atoms with Crippen LogP contribution in [-0.4, -0.2) is 22.8 Å². The lowest BCUT2D eigenvalue weighted by molar-refractivity contribution is -0.385. The van der Waals surface area contributed by atoms with Gasteiger partial charge in [-0.1, -0.05) is 78.9 Å². The molecule has 0 heterocycles. The van der Waals surface area contributed by atoms with Gasteiger partial charge in [-0.2, -0.15) is 0 Å². The summed E-state index contributed by atoms with van der Waals surface area (Å²) in [6.45, 7) is 0. The van der Waals surface area contributed by atoms with Crippen LogP contribution < -0.4 is 11.1 Å². The van der Waals surface area contributed by atoms with Gasteiger partial charge in [-0.3, -0.25) is 19.7 Å². The van der Waals surface area contributed by atoms with Gasteiger partial charge < -0.3 is 11.1 Å². The van der Waals surface area contributed by atoms with E-state index in [1.54, 1.807) is 18.2 Å². The Kier molecular flexibility index (Phi) is 6.54. The molecule has 0 spiro atoms. The summed E-state index contributed by atoms with van der Waals surface area (Å²) in [4.78, 5) is 36.0. The summed E-state index contributed by atoms with van der Waals surface area (Å²) in [6, 6.07) is 23.3. The number of carbonyl (C=O) groups is 2. The molecule has 0 radical (unpaired) electrons. The molecule has 0 fully saturated rings. The lowest BCUT2D eigenvalue weighted by Gasteiger charge is -2.22. The molecule has 3 aromatic carbocycles. The number of primary amides is 1. The van der Waals surface area contributed by atoms with Crippen LogP contribution in [0, 0.1) is 10.1 Å². The fraction of sp³-hybridized carbons (Fsp3) is 0.130. The van der Waals surface area contributed by atoms with Gasteiger partial charge in [0, 0.05) is 18.1 Å². The lowest BCUT2D eigenvalue weighted by Crippen LogP contribution is -2.47. The highest BCUT2D eigenvalue weighted by Crippen LogP contribution is 2.25. The lowest BCUT2D eigenvalue weighted by atomic mass is 9.90. The number of nitrogens with zero attached hydrogens (tertiary/aromatic N) is 1. The summed E-state index contributed by atoms with van der Waals surface area (Å²) in [5, 5.41) is 14.0. The molecular formula is C23H21N3O4. The van der Waals surface area contributed by atoms with E-state index in [1.165, 1.54) is 6.07 Å². The number of benzene rings is 3. The van der Waals surface area contributed by atoms with E-state index in [-0.39, 0.29) is 12.1 Å². The van der Waals surface area contributed by atoms with E-state index in [2.05, 4.69) is 5.32 Å². The zero-order valence-corrected chi connectivity index (χ0v) is 16.1. The smallest absolute Gasteiger partial charge is 0.272 e. The zero-order chi connectivity index (χ0) is 21.5. The predicted molar refractivity (Wildman–Crippen MR) is 113 cm³/mol. The number of para-hydroxylation sites is 1. The van der Waals surface area contributed by atoms with Gasteiger partial charge in [0.25, 0.3) is 5.69 Å². The van der Waals surface area contributed by atoms with Crippen LogP contribution in [0.1, 0.15) is 22.6 Å². The first-order chi connectivity index (χ1) is 14.5. The first kappa shape index (κ1) is 20.7. The van der Waals surface area contributed by atoms with Crippen molar-refractivity contribution in [2.24, 2.45) is 5.73 Å². The van der Waals surface area contributed by atoms with E-state index >= 15 is 0 Å². The van der Waals surface area contributed by atoms with Crippen molar-refractivity contribution in [3.63, 3.8) is 0 Å². The van der Waals surface area contributed by atoms with E-state index in [1.807, 2.05) is 60.7 Å². The van der Waals surface area contributed by atoms with Crippen LogP contribution >= 0.6 is 0 Å². The standard InChI is InChI=1S/C23H21N3O4/c24-22(27)19(15-18-13-7-8-14-20(18)26(29)30)25-23(28)21(16-9-3-1-4-10-16)17-11-5-2-6-12-17/h1-14,19,21H,15H2,(H2,24,27)(H,25,28)/t19-/m1/s1. The monoisotopic (exact) mass is 403 g/mol. The largest absolute Gasteiger partial charge is 0.368 e. The number of rotatable bonds is 8. The van der Waals surface area contributed by atoms with Gasteiger partial charge >= 0.3 is 0 Å². The van der Waals surface area contributed by atoms with E-state index in [4.69, 9.17) is 5.73 Å². The van der Waals surface area contributed by atoms with Crippen LogP contribution in [0.3, 0.4) is 0 Å². The second-order valence-corrected chi connectivity index (χ2v) is 6.81. The maximum absolute atomic E-state index is 13.2. The molecule has 7 nitrogen and oxygen atoms in total. The van der Waals surface area contributed by atoms with E-state index in [9.17, 15) is 19.7 Å². The van der Waals surface area contributed by atoms with Gasteiger partial charge in [-0.05, 0) is 11.1 Å². The van der Waals surface area contributed by atoms with Gasteiger partial charge in [0.05, 0.1) is 10.8 Å². The number of nitrogens with two attached hydrogens (primary N) is 1. The van der Waals surface area contributed by atoms with Crippen LogP contribution in [-0.2, 0) is 16.0 Å². The molecule has 0 bridgehead atoms. The van der Waals surface area contributed by atoms with Crippen molar-refractivity contribution in [3.05, 3.63) is 112 Å². The fourth-order valence-corrected chi connectivity index (χ4v) is 3.35. The third-order valence-electron chi connectivity index (χ3n) is 4.80. The molecule has 0 aliphatic heterocycles. The quantitative estimate of drug-likeness (QED) is 0.444. The van der Waals surface area contributed by atoms with Gasteiger partial charge in [0.1, 0.15) is 6.04 Å². The number of nitrogens with one attached hydrogen (secondary N) is 1. The van der Waals surface area contributed by atoms with Crippen molar-refractivity contribution in [1.82, 2.24) is 5.32 Å². The van der Waals surface area contributed by atoms with Crippen molar-refractivity contribution in [2.75, 3.05) is 0 Å². The SMILES string of the molecule is NC(=O)[C@@H](Cc1ccccc1[N+](=O)[O-])NC(=O)C(c1ccccc1)c1ccccc1. The van der Waals surface area contributed by atoms with Crippen LogP contribution in [0.15, 0.2) is 84.9 Å². The molecule has 3 rings (SSSR count). The molecule has 0 aliphatic carbocycles. The molecule has 3 N–H and O–H groups in total. The molecule has 3 aromatic rings. The van der Waals surface area contributed by atoms with Crippen molar-refractivity contribution in [1.29, 1.82) is 0 Å². The minimum atomic E-state index is -1.09. The van der Waals surface area contributed by atoms with Crippen LogP contribution in [0.25, 0.3) is 0 Å². The number of hydrogen-bond acceptors (Lipinski definition) is 4. The fourth-order valence-electron chi connectivity index (χ4n) is 3.35. The molecule has 30 heavy (non-hydrogen) atoms. The van der Waals surface area contributed by atoms with Crippen LogP contribution in [0.2, 0.25) is 0 Å². The third-order valence-corrected chi connectivity index (χ3v) is 4.80. The van der Waals surface area contributed by atoms with E-state index in [0.29, 0.717) is 5.56 Å². The average Bonchev–Trinajstić information content (AvgIpc) is 2.75. The molecule has 2 amide bonds. The third kappa shape index (κ3) is 4.88. The number of carbonyl (C=O) groups excluding carboxylic acids is 2. The predicted octanol–water partition coefficient (Wildman–Crippen LogP) is 2.94. The van der Waals surface area contributed by atoms with Crippen molar-refractivity contribution >= 4 is 17.5 Å². The Hall–Kier alpha value is -4.00. The normalized spacial score (nSPS) is 11.6. The Bertz CT molecular complexity index is 999. The Morgan fingerprint density at radius 3 is 1.87 bits per heavy atom. The summed E-state index contributed by atoms with van der Waals surface area (Å²) in [5.41, 5.74) is 7.23. The Labute approximate surface area is 173 Å². The topological polar surface area (TPSA) is 115 Å². The van der Waals surface area contributed by atoms with Crippen LogP contribution in [0.4, 0.5) is 5.69 Å². The number of hydrogen-bond donors (Lipinski definition) is 2. The maximum atomic E-state index is 13.2. The Morgan fingerprint density at radius 2 is 1.37 bits per heavy atom. The van der Waals surface area contributed by atoms with E-state index < -0.39 is 28.7 Å². The highest BCUT2D eigenvalue weighted by atomic mass is 16.6. The zero-order valence-electron chi connectivity index (χ0n) is 16.1. The first-order valence-corrected chi connectivity index (χ1v) is 9.39. The van der Waals surface area contributed by atoms with Crippen molar-refractivity contribution in [3.8, 4) is 0 Å². The molecule has 0 aromatic heterocycles. The van der Waals surface area contributed by atoms with E-state index in [0.717, 1.165) is 11.1 Å². The molecule has 0 unspecified atom stereocenters. The van der Waals surface area contributed by atoms with Gasteiger partial charge in [0.2, 0.25) is 11.8 Å². The Morgan fingerprint density at radius 1 is 0.867 bits per heavy atom. The maximum Gasteiger partial charge on any atom is 0.272 e. The number of nitro groups is 1. The minimum Gasteiger partial charge on any atom is -0.368 e. The minimum absolute atomic E-state index is 0.0749. The highest BCUT2D eigenvalue weighted by molar-refractivity contribution is 5.92. The summed E-state index contributed by atoms with van der Waals surface area (Å²) >= 11 is 0. The van der Waals surface area contributed by atoms with Crippen LogP contribution in [0.5, 0.6) is 0 Å². The molecule has 0 saturated heterocycles. The molecule has 0 aliphatic rings. The number of nitro benzene ring substituents is 1. The summed E-state index contributed by atoms with van der Waals surface area (Å²) in [6.07, 6.45) is -0.0749. The summed E-state index contributed by atoms with van der Waals surface area (Å²) in [7, 11) is 0. The molecule has 152 valence electrons. The molecule has 1 atom stereocenters. The van der Waals surface area contributed by atoms with Gasteiger partial charge in [0.15, 0.2) is 0 Å². The van der Waals surface area contributed by atoms with Crippen molar-refractivity contribution < 1.29 is 14.5 Å². The second kappa shape index (κ2) is 9.47. The van der Waals surface area contributed by atoms with Gasteiger partial charge in [-0.15, -0.1) is 0 Å². The molecule has 0 saturated carbocycles. The molecule has 7 heteroatoms. The average molecular weight is 403 g/mol. The second-order valence-electron chi connectivity index (χ2n) is 6.81. The summed E-state index contributed by atoms with van der Waals surface area (Å²) in [5.74, 6) is -1.82. The van der Waals surface area contributed by atoms with Gasteiger partial charge in [-0.25, -0.2) is 0 Å². The molecular weight excluding hydrogens is 382 g/mol. The Balaban J connectivity index is 1.89. The first-order valence-electron chi connectivity index (χ1n) is 9.39. The number of amides is 2. The summed E-state index contributed by atoms with van der Waals surface area (Å²) < 4.78 is 0. The van der Waals surface area contributed by atoms with Crippen molar-refractivity contribution in [2.45, 2.75) is 18.4 Å². The highest BCUT2D eigenvalue weighted by Gasteiger charge is 2.28.